The predicted octanol–water partition coefficient (Wildman–Crippen LogP) is 3.32. The molecule has 4 aromatic rings. The van der Waals surface area contributed by atoms with Gasteiger partial charge in [-0.05, 0) is 31.2 Å². The van der Waals surface area contributed by atoms with Crippen LogP contribution in [-0.2, 0) is 4.74 Å². The molecule has 0 spiro atoms. The smallest absolute Gasteiger partial charge is 0.256 e. The summed E-state index contributed by atoms with van der Waals surface area (Å²) in [4.78, 5) is 36.5. The van der Waals surface area contributed by atoms with E-state index in [1.807, 2.05) is 25.1 Å². The van der Waals surface area contributed by atoms with Gasteiger partial charge in [0, 0.05) is 24.3 Å². The van der Waals surface area contributed by atoms with Crippen LogP contribution in [-0.4, -0.2) is 62.6 Å². The first-order valence-corrected chi connectivity index (χ1v) is 11.1. The zero-order chi connectivity index (χ0) is 22.9. The Hall–Kier alpha value is -3.63. The SMILES string of the molecule is Cc1ccc2nncc(C(=O)N3CCO[C@@H](C(=O)c4ncc(-c5ncccc5F)s4)C3)c2c1. The minimum atomic E-state index is -0.863. The number of pyridine rings is 1. The summed E-state index contributed by atoms with van der Waals surface area (Å²) >= 11 is 1.05. The van der Waals surface area contributed by atoms with E-state index in [0.29, 0.717) is 27.9 Å². The van der Waals surface area contributed by atoms with E-state index in [1.165, 1.54) is 30.7 Å². The Bertz CT molecular complexity index is 1380. The molecule has 10 heteroatoms. The number of Topliss-reactive ketones (excluding diaryl/α,β-unsaturated/α-hetero) is 1. The van der Waals surface area contributed by atoms with Gasteiger partial charge in [0.05, 0.1) is 35.3 Å². The maximum atomic E-state index is 14.0. The van der Waals surface area contributed by atoms with Crippen LogP contribution < -0.4 is 0 Å². The number of carbonyl (C=O) groups excluding carboxylic acids is 2. The summed E-state index contributed by atoms with van der Waals surface area (Å²) in [5.41, 5.74) is 2.20. The van der Waals surface area contributed by atoms with E-state index < -0.39 is 11.9 Å². The highest BCUT2D eigenvalue weighted by Crippen LogP contribution is 2.28. The van der Waals surface area contributed by atoms with Crippen molar-refractivity contribution in [3.05, 3.63) is 70.9 Å². The monoisotopic (exact) mass is 463 g/mol. The standard InChI is InChI=1S/C23H18FN5O3S/c1-13-4-5-17-14(9-13)15(10-27-28-17)23(31)29-7-8-32-18(12-29)21(30)22-26-11-19(33-22)20-16(24)3-2-6-25-20/h2-6,9-11,18H,7-8,12H2,1H3/t18-/m1/s1. The van der Waals surface area contributed by atoms with Crippen LogP contribution in [0.1, 0.15) is 25.7 Å². The number of amides is 1. The number of fused-ring (bicyclic) bond motifs is 1. The number of halogens is 1. The molecule has 1 saturated heterocycles. The molecule has 1 aliphatic rings. The Morgan fingerprint density at radius 2 is 2.09 bits per heavy atom. The number of morpholine rings is 1. The molecule has 1 aliphatic heterocycles. The first kappa shape index (κ1) is 21.2. The zero-order valence-electron chi connectivity index (χ0n) is 17.6. The van der Waals surface area contributed by atoms with Gasteiger partial charge in [0.25, 0.3) is 5.91 Å². The van der Waals surface area contributed by atoms with Crippen LogP contribution in [0.25, 0.3) is 21.5 Å². The summed E-state index contributed by atoms with van der Waals surface area (Å²) in [7, 11) is 0. The highest BCUT2D eigenvalue weighted by molar-refractivity contribution is 7.17. The maximum Gasteiger partial charge on any atom is 0.256 e. The molecule has 0 bridgehead atoms. The molecule has 166 valence electrons. The number of ether oxygens (including phenoxy) is 1. The van der Waals surface area contributed by atoms with Crippen molar-refractivity contribution in [2.75, 3.05) is 19.7 Å². The number of hydrogen-bond acceptors (Lipinski definition) is 8. The quantitative estimate of drug-likeness (QED) is 0.428. The number of thiazole rings is 1. The number of carbonyl (C=O) groups is 2. The van der Waals surface area contributed by atoms with Gasteiger partial charge in [-0.3, -0.25) is 14.6 Å². The fraction of sp³-hybridized carbons (Fsp3) is 0.217. The van der Waals surface area contributed by atoms with Gasteiger partial charge in [-0.25, -0.2) is 9.37 Å². The summed E-state index contributed by atoms with van der Waals surface area (Å²) in [6, 6.07) is 8.43. The van der Waals surface area contributed by atoms with Crippen LogP contribution >= 0.6 is 11.3 Å². The van der Waals surface area contributed by atoms with E-state index >= 15 is 0 Å². The third-order valence-electron chi connectivity index (χ3n) is 5.38. The average molecular weight is 463 g/mol. The molecule has 8 nitrogen and oxygen atoms in total. The molecule has 0 aliphatic carbocycles. The third kappa shape index (κ3) is 4.10. The van der Waals surface area contributed by atoms with E-state index in [1.54, 1.807) is 4.90 Å². The Kier molecular flexibility index (Phi) is 5.61. The average Bonchev–Trinajstić information content (AvgIpc) is 3.33. The van der Waals surface area contributed by atoms with E-state index in [0.717, 1.165) is 16.9 Å². The molecule has 1 amide bonds. The van der Waals surface area contributed by atoms with E-state index in [2.05, 4.69) is 20.2 Å². The van der Waals surface area contributed by atoms with Crippen molar-refractivity contribution in [3.8, 4) is 10.6 Å². The highest BCUT2D eigenvalue weighted by atomic mass is 32.1. The van der Waals surface area contributed by atoms with Crippen molar-refractivity contribution in [1.29, 1.82) is 0 Å². The second-order valence-corrected chi connectivity index (χ2v) is 8.65. The van der Waals surface area contributed by atoms with Gasteiger partial charge in [-0.2, -0.15) is 10.2 Å². The molecule has 1 aromatic carbocycles. The van der Waals surface area contributed by atoms with Crippen molar-refractivity contribution >= 4 is 33.9 Å². The molecular weight excluding hydrogens is 445 g/mol. The van der Waals surface area contributed by atoms with E-state index in [-0.39, 0.29) is 35.5 Å². The van der Waals surface area contributed by atoms with Crippen LogP contribution in [0.15, 0.2) is 48.9 Å². The number of aryl methyl sites for hydroxylation is 1. The second kappa shape index (κ2) is 8.72. The summed E-state index contributed by atoms with van der Waals surface area (Å²) in [5, 5.41) is 8.94. The first-order valence-electron chi connectivity index (χ1n) is 10.2. The lowest BCUT2D eigenvalue weighted by molar-refractivity contribution is -0.0114. The molecule has 0 N–H and O–H groups in total. The van der Waals surface area contributed by atoms with Crippen molar-refractivity contribution in [2.24, 2.45) is 0 Å². The zero-order valence-corrected chi connectivity index (χ0v) is 18.4. The van der Waals surface area contributed by atoms with Gasteiger partial charge < -0.3 is 9.64 Å². The first-order chi connectivity index (χ1) is 16.0. The normalized spacial score (nSPS) is 16.2. The number of benzene rings is 1. The van der Waals surface area contributed by atoms with Crippen LogP contribution in [0.4, 0.5) is 4.39 Å². The van der Waals surface area contributed by atoms with Gasteiger partial charge in [-0.1, -0.05) is 11.6 Å². The van der Waals surface area contributed by atoms with Crippen LogP contribution in [0.3, 0.4) is 0 Å². The van der Waals surface area contributed by atoms with Gasteiger partial charge in [-0.15, -0.1) is 11.3 Å². The fourth-order valence-corrected chi connectivity index (χ4v) is 4.60. The Labute approximate surface area is 192 Å². The van der Waals surface area contributed by atoms with E-state index in [4.69, 9.17) is 4.74 Å². The Balaban J connectivity index is 1.36. The summed E-state index contributed by atoms with van der Waals surface area (Å²) in [6.45, 7) is 2.59. The lowest BCUT2D eigenvalue weighted by atomic mass is 10.1. The molecule has 1 atom stereocenters. The minimum Gasteiger partial charge on any atom is -0.366 e. The van der Waals surface area contributed by atoms with Gasteiger partial charge >= 0.3 is 0 Å². The second-order valence-electron chi connectivity index (χ2n) is 7.62. The van der Waals surface area contributed by atoms with E-state index in [9.17, 15) is 14.0 Å². The molecule has 0 radical (unpaired) electrons. The van der Waals surface area contributed by atoms with Crippen molar-refractivity contribution < 1.29 is 18.7 Å². The molecule has 4 heterocycles. The lowest BCUT2D eigenvalue weighted by Crippen LogP contribution is -2.48. The van der Waals surface area contributed by atoms with Crippen molar-refractivity contribution in [1.82, 2.24) is 25.1 Å². The summed E-state index contributed by atoms with van der Waals surface area (Å²) < 4.78 is 19.7. The molecular formula is C23H18FN5O3S. The molecule has 1 fully saturated rings. The molecule has 5 rings (SSSR count). The van der Waals surface area contributed by atoms with Crippen molar-refractivity contribution in [3.63, 3.8) is 0 Å². The van der Waals surface area contributed by atoms with Crippen LogP contribution in [0.5, 0.6) is 0 Å². The Morgan fingerprint density at radius 3 is 2.94 bits per heavy atom. The van der Waals surface area contributed by atoms with Crippen LogP contribution in [0, 0.1) is 12.7 Å². The minimum absolute atomic E-state index is 0.0835. The predicted molar refractivity (Wildman–Crippen MR) is 120 cm³/mol. The fourth-order valence-electron chi connectivity index (χ4n) is 3.71. The number of aromatic nitrogens is 4. The van der Waals surface area contributed by atoms with Crippen LogP contribution in [0.2, 0.25) is 0 Å². The number of ketones is 1. The molecule has 0 unspecified atom stereocenters. The highest BCUT2D eigenvalue weighted by Gasteiger charge is 2.32. The largest absolute Gasteiger partial charge is 0.366 e. The molecule has 0 saturated carbocycles. The van der Waals surface area contributed by atoms with Gasteiger partial charge in [0.2, 0.25) is 5.78 Å². The summed E-state index contributed by atoms with van der Waals surface area (Å²) in [5.74, 6) is -1.08. The number of nitrogens with zero attached hydrogens (tertiary/aromatic N) is 5. The topological polar surface area (TPSA) is 98.2 Å². The molecule has 3 aromatic heterocycles. The third-order valence-corrected chi connectivity index (χ3v) is 6.40. The number of rotatable bonds is 4. The van der Waals surface area contributed by atoms with Gasteiger partial charge in [0.1, 0.15) is 17.6 Å². The summed E-state index contributed by atoms with van der Waals surface area (Å²) in [6.07, 6.45) is 3.49. The number of hydrogen-bond donors (Lipinski definition) is 0. The van der Waals surface area contributed by atoms with Gasteiger partial charge in [0.15, 0.2) is 5.01 Å². The lowest BCUT2D eigenvalue weighted by Gasteiger charge is -2.32. The molecule has 33 heavy (non-hydrogen) atoms. The Morgan fingerprint density at radius 1 is 1.21 bits per heavy atom. The van der Waals surface area contributed by atoms with Crippen molar-refractivity contribution in [2.45, 2.75) is 13.0 Å². The maximum absolute atomic E-state index is 14.0.